The molecule has 8 heteroatoms. The van der Waals surface area contributed by atoms with Gasteiger partial charge in [-0.3, -0.25) is 14.6 Å². The minimum Gasteiger partial charge on any atom is -0.352 e. The summed E-state index contributed by atoms with van der Waals surface area (Å²) in [6, 6.07) is 7.18. The van der Waals surface area contributed by atoms with E-state index in [1.807, 2.05) is 17.0 Å². The first-order chi connectivity index (χ1) is 13.1. The standard InChI is InChI=1S/C19H20ClN5O2/c20-15-2-1-3-16(11-15)25-13-14(10-18(25)26)19(27)24-8-6-23(7-9-24)17-12-21-4-5-22-17/h1-5,11-12,14H,6-10,13H2. The molecule has 140 valence electrons. The van der Waals surface area contributed by atoms with Gasteiger partial charge in [-0.05, 0) is 18.2 Å². The van der Waals surface area contributed by atoms with E-state index in [2.05, 4.69) is 14.9 Å². The van der Waals surface area contributed by atoms with Crippen molar-refractivity contribution in [1.29, 1.82) is 0 Å². The summed E-state index contributed by atoms with van der Waals surface area (Å²) in [4.78, 5) is 39.3. The molecule has 27 heavy (non-hydrogen) atoms. The van der Waals surface area contributed by atoms with Crippen LogP contribution in [-0.2, 0) is 9.59 Å². The minimum absolute atomic E-state index is 0.0335. The Morgan fingerprint density at radius 3 is 2.67 bits per heavy atom. The Morgan fingerprint density at radius 2 is 1.96 bits per heavy atom. The van der Waals surface area contributed by atoms with E-state index in [4.69, 9.17) is 11.6 Å². The first-order valence-corrected chi connectivity index (χ1v) is 9.35. The van der Waals surface area contributed by atoms with Gasteiger partial charge in [0, 0.05) is 62.2 Å². The lowest BCUT2D eigenvalue weighted by molar-refractivity contribution is -0.136. The van der Waals surface area contributed by atoms with Crippen molar-refractivity contribution in [2.24, 2.45) is 5.92 Å². The molecule has 2 saturated heterocycles. The van der Waals surface area contributed by atoms with Crippen molar-refractivity contribution in [3.63, 3.8) is 0 Å². The number of benzene rings is 1. The van der Waals surface area contributed by atoms with E-state index in [-0.39, 0.29) is 24.2 Å². The number of hydrogen-bond acceptors (Lipinski definition) is 5. The summed E-state index contributed by atoms with van der Waals surface area (Å²) in [7, 11) is 0. The number of anilines is 2. The van der Waals surface area contributed by atoms with E-state index < -0.39 is 0 Å². The Morgan fingerprint density at radius 1 is 1.15 bits per heavy atom. The number of carbonyl (C=O) groups is 2. The van der Waals surface area contributed by atoms with Gasteiger partial charge in [-0.25, -0.2) is 4.98 Å². The quantitative estimate of drug-likeness (QED) is 0.806. The molecule has 7 nitrogen and oxygen atoms in total. The fraction of sp³-hybridized carbons (Fsp3) is 0.368. The minimum atomic E-state index is -0.306. The van der Waals surface area contributed by atoms with Gasteiger partial charge in [-0.2, -0.15) is 0 Å². The van der Waals surface area contributed by atoms with Crippen molar-refractivity contribution in [2.45, 2.75) is 6.42 Å². The monoisotopic (exact) mass is 385 g/mol. The zero-order chi connectivity index (χ0) is 18.8. The Hall–Kier alpha value is -2.67. The van der Waals surface area contributed by atoms with Crippen LogP contribution in [0.4, 0.5) is 11.5 Å². The highest BCUT2D eigenvalue weighted by atomic mass is 35.5. The molecule has 0 aliphatic carbocycles. The topological polar surface area (TPSA) is 69.6 Å². The van der Waals surface area contributed by atoms with Crippen LogP contribution in [0.5, 0.6) is 0 Å². The van der Waals surface area contributed by atoms with Crippen LogP contribution in [0.3, 0.4) is 0 Å². The number of aromatic nitrogens is 2. The average Bonchev–Trinajstić information content (AvgIpc) is 3.10. The lowest BCUT2D eigenvalue weighted by Gasteiger charge is -2.36. The van der Waals surface area contributed by atoms with Gasteiger partial charge in [-0.15, -0.1) is 0 Å². The average molecular weight is 386 g/mol. The number of carbonyl (C=O) groups excluding carboxylic acids is 2. The molecule has 1 aromatic heterocycles. The number of rotatable bonds is 3. The molecule has 1 aromatic carbocycles. The molecule has 0 spiro atoms. The molecular weight excluding hydrogens is 366 g/mol. The van der Waals surface area contributed by atoms with Gasteiger partial charge in [0.15, 0.2) is 0 Å². The summed E-state index contributed by atoms with van der Waals surface area (Å²) in [5.41, 5.74) is 0.746. The first-order valence-electron chi connectivity index (χ1n) is 8.97. The van der Waals surface area contributed by atoms with Crippen molar-refractivity contribution in [2.75, 3.05) is 42.5 Å². The molecule has 2 fully saturated rings. The van der Waals surface area contributed by atoms with Crippen LogP contribution >= 0.6 is 11.6 Å². The van der Waals surface area contributed by atoms with Crippen LogP contribution in [0.15, 0.2) is 42.9 Å². The molecule has 0 N–H and O–H groups in total. The number of piperazine rings is 1. The van der Waals surface area contributed by atoms with E-state index in [0.717, 1.165) is 11.5 Å². The van der Waals surface area contributed by atoms with Gasteiger partial charge in [-0.1, -0.05) is 17.7 Å². The predicted octanol–water partition coefficient (Wildman–Crippen LogP) is 1.83. The predicted molar refractivity (Wildman–Crippen MR) is 103 cm³/mol. The van der Waals surface area contributed by atoms with E-state index in [0.29, 0.717) is 37.7 Å². The fourth-order valence-corrected chi connectivity index (χ4v) is 3.82. The lowest BCUT2D eigenvalue weighted by Crippen LogP contribution is -2.51. The van der Waals surface area contributed by atoms with Crippen LogP contribution in [0.2, 0.25) is 5.02 Å². The van der Waals surface area contributed by atoms with Crippen LogP contribution in [-0.4, -0.2) is 59.4 Å². The van der Waals surface area contributed by atoms with E-state index >= 15 is 0 Å². The van der Waals surface area contributed by atoms with E-state index in [9.17, 15) is 9.59 Å². The molecule has 1 atom stereocenters. The zero-order valence-corrected chi connectivity index (χ0v) is 15.5. The second kappa shape index (κ2) is 7.52. The molecular formula is C19H20ClN5O2. The second-order valence-electron chi connectivity index (χ2n) is 6.76. The van der Waals surface area contributed by atoms with E-state index in [1.165, 1.54) is 0 Å². The Bertz CT molecular complexity index is 839. The third-order valence-corrected chi connectivity index (χ3v) is 5.29. The van der Waals surface area contributed by atoms with Crippen molar-refractivity contribution >= 4 is 34.9 Å². The summed E-state index contributed by atoms with van der Waals surface area (Å²) in [6.45, 7) is 3.07. The van der Waals surface area contributed by atoms with Gasteiger partial charge >= 0.3 is 0 Å². The third-order valence-electron chi connectivity index (χ3n) is 5.06. The number of hydrogen-bond donors (Lipinski definition) is 0. The highest BCUT2D eigenvalue weighted by Crippen LogP contribution is 2.28. The van der Waals surface area contributed by atoms with Crippen molar-refractivity contribution < 1.29 is 9.59 Å². The number of amides is 2. The second-order valence-corrected chi connectivity index (χ2v) is 7.20. The highest BCUT2D eigenvalue weighted by Gasteiger charge is 2.38. The summed E-state index contributed by atoms with van der Waals surface area (Å²) in [5, 5.41) is 0.579. The Balaban J connectivity index is 1.37. The molecule has 4 rings (SSSR count). The zero-order valence-electron chi connectivity index (χ0n) is 14.8. The van der Waals surface area contributed by atoms with Gasteiger partial charge in [0.2, 0.25) is 11.8 Å². The van der Waals surface area contributed by atoms with Crippen molar-refractivity contribution in [3.8, 4) is 0 Å². The van der Waals surface area contributed by atoms with Gasteiger partial charge in [0.05, 0.1) is 12.1 Å². The van der Waals surface area contributed by atoms with Crippen molar-refractivity contribution in [3.05, 3.63) is 47.9 Å². The number of halogens is 1. The summed E-state index contributed by atoms with van der Waals surface area (Å²) in [6.07, 6.45) is 5.29. The highest BCUT2D eigenvalue weighted by molar-refractivity contribution is 6.31. The van der Waals surface area contributed by atoms with Crippen LogP contribution in [0.1, 0.15) is 6.42 Å². The molecule has 3 heterocycles. The maximum Gasteiger partial charge on any atom is 0.228 e. The maximum absolute atomic E-state index is 12.9. The summed E-state index contributed by atoms with van der Waals surface area (Å²) < 4.78 is 0. The SMILES string of the molecule is O=C(C1CC(=O)N(c2cccc(Cl)c2)C1)N1CCN(c2cnccn2)CC1. The van der Waals surface area contributed by atoms with Gasteiger partial charge < -0.3 is 14.7 Å². The maximum atomic E-state index is 12.9. The summed E-state index contributed by atoms with van der Waals surface area (Å²) >= 11 is 6.03. The van der Waals surface area contributed by atoms with Gasteiger partial charge in [0.25, 0.3) is 0 Å². The lowest BCUT2D eigenvalue weighted by atomic mass is 10.1. The third kappa shape index (κ3) is 3.73. The molecule has 2 aromatic rings. The number of nitrogens with zero attached hydrogens (tertiary/aromatic N) is 5. The molecule has 0 bridgehead atoms. The Labute approximate surface area is 162 Å². The molecule has 0 radical (unpaired) electrons. The molecule has 0 saturated carbocycles. The molecule has 2 amide bonds. The van der Waals surface area contributed by atoms with E-state index in [1.54, 1.807) is 35.6 Å². The molecule has 1 unspecified atom stereocenters. The van der Waals surface area contributed by atoms with Crippen LogP contribution < -0.4 is 9.80 Å². The summed E-state index contributed by atoms with van der Waals surface area (Å²) in [5.74, 6) is 0.535. The normalized spacial score (nSPS) is 20.3. The fourth-order valence-electron chi connectivity index (χ4n) is 3.64. The smallest absolute Gasteiger partial charge is 0.228 e. The van der Waals surface area contributed by atoms with Crippen LogP contribution in [0.25, 0.3) is 0 Å². The van der Waals surface area contributed by atoms with Crippen molar-refractivity contribution in [1.82, 2.24) is 14.9 Å². The molecule has 2 aliphatic rings. The molecule has 2 aliphatic heterocycles. The first kappa shape index (κ1) is 17.7. The van der Waals surface area contributed by atoms with Gasteiger partial charge in [0.1, 0.15) is 5.82 Å². The largest absolute Gasteiger partial charge is 0.352 e. The van der Waals surface area contributed by atoms with Crippen LogP contribution in [0, 0.1) is 5.92 Å². The Kier molecular flexibility index (Phi) is 4.94.